The summed E-state index contributed by atoms with van der Waals surface area (Å²) in [6, 6.07) is 0. The molecule has 0 aromatic carbocycles. The number of hydrogen-bond donors (Lipinski definition) is 3. The summed E-state index contributed by atoms with van der Waals surface area (Å²) in [5.74, 6) is -0.407. The molecule has 1 saturated carbocycles. The van der Waals surface area contributed by atoms with E-state index in [2.05, 4.69) is 5.32 Å². The molecule has 2 aliphatic heterocycles. The molecule has 0 aromatic heterocycles. The Morgan fingerprint density at radius 3 is 2.53 bits per heavy atom. The molecule has 5 heteroatoms. The highest BCUT2D eigenvalue weighted by Gasteiger charge is 2.38. The number of nitrogens with two attached hydrogens (primary N) is 2. The Labute approximate surface area is 114 Å². The van der Waals surface area contributed by atoms with Gasteiger partial charge in [0.15, 0.2) is 0 Å². The molecular weight excluding hydrogens is 242 g/mol. The summed E-state index contributed by atoms with van der Waals surface area (Å²) in [6.07, 6.45) is 6.76. The third kappa shape index (κ3) is 3.69. The van der Waals surface area contributed by atoms with Crippen LogP contribution in [0.2, 0.25) is 0 Å². The predicted molar refractivity (Wildman–Crippen MR) is 73.0 cm³/mol. The van der Waals surface area contributed by atoms with Gasteiger partial charge in [0.2, 0.25) is 11.8 Å². The van der Waals surface area contributed by atoms with Crippen molar-refractivity contribution in [1.82, 2.24) is 5.32 Å². The zero-order valence-corrected chi connectivity index (χ0v) is 11.5. The molecule has 0 spiro atoms. The second-order valence-corrected chi connectivity index (χ2v) is 6.38. The number of carbonyl (C=O) groups is 2. The molecule has 2 heterocycles. The number of amides is 2. The Hall–Kier alpha value is -1.10. The van der Waals surface area contributed by atoms with Gasteiger partial charge in [-0.25, -0.2) is 0 Å². The summed E-state index contributed by atoms with van der Waals surface area (Å²) in [4.78, 5) is 22.4. The van der Waals surface area contributed by atoms with Gasteiger partial charge in [-0.05, 0) is 56.4 Å². The van der Waals surface area contributed by atoms with Crippen LogP contribution in [0.3, 0.4) is 0 Å². The van der Waals surface area contributed by atoms with Crippen LogP contribution in [0.5, 0.6) is 0 Å². The summed E-state index contributed by atoms with van der Waals surface area (Å²) >= 11 is 0. The van der Waals surface area contributed by atoms with Gasteiger partial charge in [0.1, 0.15) is 0 Å². The zero-order chi connectivity index (χ0) is 13.9. The average molecular weight is 267 g/mol. The highest BCUT2D eigenvalue weighted by molar-refractivity contribution is 5.83. The molecule has 3 rings (SSSR count). The molecule has 3 fully saturated rings. The maximum absolute atomic E-state index is 11.4. The van der Waals surface area contributed by atoms with Crippen LogP contribution in [-0.4, -0.2) is 24.9 Å². The molecular formula is C14H25N3O2. The van der Waals surface area contributed by atoms with Crippen LogP contribution < -0.4 is 16.8 Å². The second-order valence-electron chi connectivity index (χ2n) is 6.38. The third-order valence-corrected chi connectivity index (χ3v) is 4.97. The number of rotatable bonds is 6. The molecule has 5 nitrogen and oxygen atoms in total. The van der Waals surface area contributed by atoms with Gasteiger partial charge in [-0.3, -0.25) is 9.59 Å². The highest BCUT2D eigenvalue weighted by atomic mass is 16.2. The van der Waals surface area contributed by atoms with Crippen molar-refractivity contribution in [2.24, 2.45) is 28.7 Å². The fourth-order valence-corrected chi connectivity index (χ4v) is 3.62. The van der Waals surface area contributed by atoms with E-state index in [0.29, 0.717) is 11.8 Å². The van der Waals surface area contributed by atoms with E-state index in [9.17, 15) is 9.59 Å². The Morgan fingerprint density at radius 1 is 1.26 bits per heavy atom. The molecule has 5 N–H and O–H groups in total. The number of carbonyl (C=O) groups excluding carboxylic acids is 2. The number of hydrogen-bond acceptors (Lipinski definition) is 3. The largest absolute Gasteiger partial charge is 0.370 e. The van der Waals surface area contributed by atoms with Crippen LogP contribution >= 0.6 is 0 Å². The van der Waals surface area contributed by atoms with Gasteiger partial charge in [-0.1, -0.05) is 0 Å². The lowest BCUT2D eigenvalue weighted by Gasteiger charge is -2.37. The van der Waals surface area contributed by atoms with E-state index in [1.54, 1.807) is 0 Å². The monoisotopic (exact) mass is 267 g/mol. The van der Waals surface area contributed by atoms with E-state index in [0.717, 1.165) is 25.4 Å². The van der Waals surface area contributed by atoms with Gasteiger partial charge in [0.25, 0.3) is 0 Å². The minimum absolute atomic E-state index is 0.0848. The van der Waals surface area contributed by atoms with E-state index < -0.39 is 17.7 Å². The molecule has 0 aromatic rings. The highest BCUT2D eigenvalue weighted by Crippen LogP contribution is 2.44. The van der Waals surface area contributed by atoms with Crippen molar-refractivity contribution in [3.05, 3.63) is 0 Å². The lowest BCUT2D eigenvalue weighted by Crippen LogP contribution is -2.34. The topological polar surface area (TPSA) is 98.2 Å². The lowest BCUT2D eigenvalue weighted by molar-refractivity contribution is -0.127. The molecule has 0 radical (unpaired) electrons. The number of primary amides is 2. The fraction of sp³-hybridized carbons (Fsp3) is 0.857. The van der Waals surface area contributed by atoms with E-state index in [1.807, 2.05) is 0 Å². The molecule has 2 amide bonds. The smallest absolute Gasteiger partial charge is 0.221 e. The third-order valence-electron chi connectivity index (χ3n) is 4.97. The lowest BCUT2D eigenvalue weighted by atomic mass is 9.68. The number of nitrogens with one attached hydrogen (secondary N) is 1. The minimum Gasteiger partial charge on any atom is -0.370 e. The molecule has 1 atom stereocenters. The Morgan fingerprint density at radius 2 is 1.95 bits per heavy atom. The Balaban J connectivity index is 1.92. The van der Waals surface area contributed by atoms with Crippen LogP contribution in [-0.2, 0) is 9.59 Å². The normalized spacial score (nSPS) is 31.7. The predicted octanol–water partition coefficient (Wildman–Crippen LogP) is 0.523. The van der Waals surface area contributed by atoms with E-state index in [1.165, 1.54) is 25.7 Å². The first-order chi connectivity index (χ1) is 9.01. The van der Waals surface area contributed by atoms with Gasteiger partial charge >= 0.3 is 0 Å². The molecule has 2 bridgehead atoms. The summed E-state index contributed by atoms with van der Waals surface area (Å²) in [5, 5.41) is 3.54. The van der Waals surface area contributed by atoms with Crippen molar-refractivity contribution in [2.75, 3.05) is 13.1 Å². The van der Waals surface area contributed by atoms with Crippen molar-refractivity contribution < 1.29 is 9.59 Å². The molecule has 108 valence electrons. The average Bonchev–Trinajstić information content (AvgIpc) is 2.67. The quantitative estimate of drug-likeness (QED) is 0.654. The molecule has 2 saturated heterocycles. The van der Waals surface area contributed by atoms with Crippen molar-refractivity contribution >= 4 is 11.8 Å². The van der Waals surface area contributed by atoms with Crippen LogP contribution in [0.4, 0.5) is 0 Å². The van der Waals surface area contributed by atoms with Crippen molar-refractivity contribution in [3.8, 4) is 0 Å². The molecule has 19 heavy (non-hydrogen) atoms. The Bertz CT molecular complexity index is 343. The molecule has 1 aliphatic carbocycles. The van der Waals surface area contributed by atoms with Crippen LogP contribution in [0.15, 0.2) is 0 Å². The molecule has 3 aliphatic rings. The standard InChI is InChI=1S/C14H25N3O2/c15-12(18)7-11(13(16)19)3-6-14-4-1-10(2-5-14)8-17-9-14/h10-11,17H,1-9H2,(H2,15,18)(H2,16,19). The SMILES string of the molecule is NC(=O)CC(CCC12CCC(CC1)CNC2)C(N)=O. The maximum atomic E-state index is 11.4. The summed E-state index contributed by atoms with van der Waals surface area (Å²) in [6.45, 7) is 2.16. The van der Waals surface area contributed by atoms with E-state index in [4.69, 9.17) is 11.5 Å². The van der Waals surface area contributed by atoms with Crippen molar-refractivity contribution in [1.29, 1.82) is 0 Å². The van der Waals surface area contributed by atoms with Gasteiger partial charge in [-0.2, -0.15) is 0 Å². The first-order valence-corrected chi connectivity index (χ1v) is 7.29. The first-order valence-electron chi connectivity index (χ1n) is 7.29. The van der Waals surface area contributed by atoms with Gasteiger partial charge in [-0.15, -0.1) is 0 Å². The zero-order valence-electron chi connectivity index (χ0n) is 11.5. The summed E-state index contributed by atoms with van der Waals surface area (Å²) in [5.41, 5.74) is 10.8. The van der Waals surface area contributed by atoms with Gasteiger partial charge in [0, 0.05) is 18.9 Å². The fourth-order valence-electron chi connectivity index (χ4n) is 3.62. The van der Waals surface area contributed by atoms with Crippen LogP contribution in [0.1, 0.15) is 44.9 Å². The first kappa shape index (κ1) is 14.3. The Kier molecular flexibility index (Phi) is 4.45. The minimum atomic E-state index is -0.441. The van der Waals surface area contributed by atoms with Crippen molar-refractivity contribution in [2.45, 2.75) is 44.9 Å². The van der Waals surface area contributed by atoms with E-state index in [-0.39, 0.29) is 6.42 Å². The van der Waals surface area contributed by atoms with Gasteiger partial charge < -0.3 is 16.8 Å². The van der Waals surface area contributed by atoms with E-state index >= 15 is 0 Å². The maximum Gasteiger partial charge on any atom is 0.221 e. The summed E-state index contributed by atoms with van der Waals surface area (Å²) in [7, 11) is 0. The second kappa shape index (κ2) is 5.90. The molecule has 1 unspecified atom stereocenters. The van der Waals surface area contributed by atoms with Crippen LogP contribution in [0, 0.1) is 17.3 Å². The summed E-state index contributed by atoms with van der Waals surface area (Å²) < 4.78 is 0. The van der Waals surface area contributed by atoms with Gasteiger partial charge in [0.05, 0.1) is 0 Å². The van der Waals surface area contributed by atoms with Crippen molar-refractivity contribution in [3.63, 3.8) is 0 Å². The van der Waals surface area contributed by atoms with Crippen LogP contribution in [0.25, 0.3) is 0 Å². The number of fused-ring (bicyclic) bond motifs is 4.